The molecule has 2 nitrogen and oxygen atoms in total. The lowest BCUT2D eigenvalue weighted by atomic mass is 9.81. The Hall–Kier alpha value is -0.0800. The van der Waals surface area contributed by atoms with Crippen LogP contribution in [0.1, 0.15) is 72.6 Å². The first kappa shape index (κ1) is 17.3. The second kappa shape index (κ2) is 8.53. The maximum Gasteiger partial charge on any atom is 0.0218 e. The summed E-state index contributed by atoms with van der Waals surface area (Å²) in [6.07, 6.45) is 9.98. The van der Waals surface area contributed by atoms with E-state index in [4.69, 9.17) is 0 Å². The predicted molar refractivity (Wildman–Crippen MR) is 92.6 cm³/mol. The molecule has 0 amide bonds. The Labute approximate surface area is 133 Å². The quantitative estimate of drug-likeness (QED) is 0.785. The predicted octanol–water partition coefficient (Wildman–Crippen LogP) is 4.30. The zero-order chi connectivity index (χ0) is 15.2. The third-order valence-corrected chi connectivity index (χ3v) is 5.80. The molecule has 0 aromatic rings. The lowest BCUT2D eigenvalue weighted by Gasteiger charge is -2.41. The van der Waals surface area contributed by atoms with Crippen LogP contribution in [0.4, 0.5) is 0 Å². The minimum atomic E-state index is 0.721. The van der Waals surface area contributed by atoms with Gasteiger partial charge in [0.05, 0.1) is 0 Å². The molecule has 1 aliphatic carbocycles. The average molecular weight is 295 g/mol. The SMILES string of the molecule is CCC1CNC(CC(C)C)CN1CCC1CCC(C)CC1. The fourth-order valence-electron chi connectivity index (χ4n) is 4.30. The zero-order valence-electron chi connectivity index (χ0n) is 14.9. The number of nitrogens with one attached hydrogen (secondary N) is 1. The topological polar surface area (TPSA) is 15.3 Å². The van der Waals surface area contributed by atoms with Gasteiger partial charge < -0.3 is 5.32 Å². The van der Waals surface area contributed by atoms with Gasteiger partial charge >= 0.3 is 0 Å². The maximum atomic E-state index is 3.78. The van der Waals surface area contributed by atoms with E-state index in [0.29, 0.717) is 0 Å². The molecule has 124 valence electrons. The molecule has 0 aromatic heterocycles. The molecule has 1 N–H and O–H groups in total. The van der Waals surface area contributed by atoms with Crippen molar-refractivity contribution >= 4 is 0 Å². The summed E-state index contributed by atoms with van der Waals surface area (Å²) >= 11 is 0. The minimum Gasteiger partial charge on any atom is -0.311 e. The summed E-state index contributed by atoms with van der Waals surface area (Å²) in [5.74, 6) is 2.80. The normalized spacial score (nSPS) is 35.3. The van der Waals surface area contributed by atoms with Crippen molar-refractivity contribution in [2.75, 3.05) is 19.6 Å². The molecule has 0 spiro atoms. The molecule has 0 bridgehead atoms. The van der Waals surface area contributed by atoms with Crippen LogP contribution >= 0.6 is 0 Å². The van der Waals surface area contributed by atoms with Crippen molar-refractivity contribution in [1.82, 2.24) is 10.2 Å². The fraction of sp³-hybridized carbons (Fsp3) is 1.00. The summed E-state index contributed by atoms with van der Waals surface area (Å²) in [6, 6.07) is 1.50. The summed E-state index contributed by atoms with van der Waals surface area (Å²) in [5.41, 5.74) is 0. The average Bonchev–Trinajstić information content (AvgIpc) is 2.46. The van der Waals surface area contributed by atoms with Crippen LogP contribution in [0.15, 0.2) is 0 Å². The number of hydrogen-bond donors (Lipinski definition) is 1. The van der Waals surface area contributed by atoms with Gasteiger partial charge in [-0.25, -0.2) is 0 Å². The van der Waals surface area contributed by atoms with E-state index in [1.54, 1.807) is 0 Å². The number of nitrogens with zero attached hydrogens (tertiary/aromatic N) is 1. The molecule has 2 atom stereocenters. The highest BCUT2D eigenvalue weighted by atomic mass is 15.2. The highest BCUT2D eigenvalue weighted by molar-refractivity contribution is 4.86. The van der Waals surface area contributed by atoms with Crippen LogP contribution in [-0.4, -0.2) is 36.6 Å². The largest absolute Gasteiger partial charge is 0.311 e. The molecule has 0 aromatic carbocycles. The zero-order valence-corrected chi connectivity index (χ0v) is 14.9. The van der Waals surface area contributed by atoms with Gasteiger partial charge in [0.25, 0.3) is 0 Å². The molecule has 21 heavy (non-hydrogen) atoms. The molecule has 1 saturated heterocycles. The smallest absolute Gasteiger partial charge is 0.0218 e. The first-order chi connectivity index (χ1) is 10.1. The molecule has 2 unspecified atom stereocenters. The van der Waals surface area contributed by atoms with E-state index in [1.807, 2.05) is 0 Å². The van der Waals surface area contributed by atoms with E-state index in [9.17, 15) is 0 Å². The van der Waals surface area contributed by atoms with Gasteiger partial charge in [-0.05, 0) is 43.6 Å². The fourth-order valence-corrected chi connectivity index (χ4v) is 4.30. The van der Waals surface area contributed by atoms with Crippen molar-refractivity contribution in [2.24, 2.45) is 17.8 Å². The van der Waals surface area contributed by atoms with Crippen molar-refractivity contribution in [1.29, 1.82) is 0 Å². The van der Waals surface area contributed by atoms with E-state index in [0.717, 1.165) is 29.8 Å². The molecule has 1 heterocycles. The van der Waals surface area contributed by atoms with Gasteiger partial charge in [-0.15, -0.1) is 0 Å². The lowest BCUT2D eigenvalue weighted by Crippen LogP contribution is -2.56. The second-order valence-electron chi connectivity index (χ2n) is 8.21. The van der Waals surface area contributed by atoms with Gasteiger partial charge in [0.15, 0.2) is 0 Å². The molecule has 2 aliphatic rings. The monoisotopic (exact) mass is 294 g/mol. The van der Waals surface area contributed by atoms with E-state index < -0.39 is 0 Å². The molecule has 2 fully saturated rings. The van der Waals surface area contributed by atoms with E-state index in [-0.39, 0.29) is 0 Å². The molecule has 2 rings (SSSR count). The van der Waals surface area contributed by atoms with Crippen molar-refractivity contribution in [3.8, 4) is 0 Å². The number of rotatable bonds is 6. The van der Waals surface area contributed by atoms with Gasteiger partial charge in [0.2, 0.25) is 0 Å². The Bertz CT molecular complexity index is 281. The van der Waals surface area contributed by atoms with E-state index in [2.05, 4.69) is 37.9 Å². The molecule has 1 aliphatic heterocycles. The minimum absolute atomic E-state index is 0.721. The van der Waals surface area contributed by atoms with Crippen LogP contribution in [-0.2, 0) is 0 Å². The molecule has 0 radical (unpaired) electrons. The van der Waals surface area contributed by atoms with Crippen LogP contribution in [0.25, 0.3) is 0 Å². The highest BCUT2D eigenvalue weighted by Gasteiger charge is 2.28. The standard InChI is InChI=1S/C19H38N2/c1-5-19-13-20-18(12-15(2)3)14-21(19)11-10-17-8-6-16(4)7-9-17/h15-20H,5-14H2,1-4H3. The Morgan fingerprint density at radius 3 is 2.48 bits per heavy atom. The number of hydrogen-bond acceptors (Lipinski definition) is 2. The van der Waals surface area contributed by atoms with Gasteiger partial charge in [-0.3, -0.25) is 4.90 Å². The Kier molecular flexibility index (Phi) is 7.01. The van der Waals surface area contributed by atoms with Crippen molar-refractivity contribution in [3.05, 3.63) is 0 Å². The lowest BCUT2D eigenvalue weighted by molar-refractivity contribution is 0.106. The van der Waals surface area contributed by atoms with Crippen LogP contribution in [0.3, 0.4) is 0 Å². The molecular formula is C19H38N2. The summed E-state index contributed by atoms with van der Waals surface area (Å²) in [7, 11) is 0. The third-order valence-electron chi connectivity index (χ3n) is 5.80. The molecule has 2 heteroatoms. The van der Waals surface area contributed by atoms with Crippen molar-refractivity contribution in [2.45, 2.75) is 84.7 Å². The van der Waals surface area contributed by atoms with E-state index in [1.165, 1.54) is 64.6 Å². The second-order valence-corrected chi connectivity index (χ2v) is 8.21. The summed E-state index contributed by atoms with van der Waals surface area (Å²) in [6.45, 7) is 13.3. The number of piperazine rings is 1. The van der Waals surface area contributed by atoms with Gasteiger partial charge in [-0.2, -0.15) is 0 Å². The Morgan fingerprint density at radius 2 is 1.86 bits per heavy atom. The van der Waals surface area contributed by atoms with Gasteiger partial charge in [0, 0.05) is 25.2 Å². The van der Waals surface area contributed by atoms with Crippen LogP contribution in [0.5, 0.6) is 0 Å². The van der Waals surface area contributed by atoms with Crippen LogP contribution in [0.2, 0.25) is 0 Å². The molecular weight excluding hydrogens is 256 g/mol. The first-order valence-corrected chi connectivity index (χ1v) is 9.55. The Morgan fingerprint density at radius 1 is 1.14 bits per heavy atom. The Balaban J connectivity index is 1.77. The summed E-state index contributed by atoms with van der Waals surface area (Å²) in [4.78, 5) is 2.81. The summed E-state index contributed by atoms with van der Waals surface area (Å²) < 4.78 is 0. The third kappa shape index (κ3) is 5.56. The van der Waals surface area contributed by atoms with Gasteiger partial charge in [0.1, 0.15) is 0 Å². The van der Waals surface area contributed by atoms with Crippen molar-refractivity contribution in [3.63, 3.8) is 0 Å². The van der Waals surface area contributed by atoms with Crippen LogP contribution in [0, 0.1) is 17.8 Å². The summed E-state index contributed by atoms with van der Waals surface area (Å²) in [5, 5.41) is 3.78. The highest BCUT2D eigenvalue weighted by Crippen LogP contribution is 2.30. The van der Waals surface area contributed by atoms with Crippen molar-refractivity contribution < 1.29 is 0 Å². The van der Waals surface area contributed by atoms with Gasteiger partial charge in [-0.1, -0.05) is 53.4 Å². The van der Waals surface area contributed by atoms with Crippen LogP contribution < -0.4 is 5.32 Å². The maximum absolute atomic E-state index is 3.78. The first-order valence-electron chi connectivity index (χ1n) is 9.55. The van der Waals surface area contributed by atoms with E-state index >= 15 is 0 Å². The molecule has 1 saturated carbocycles.